The van der Waals surface area contributed by atoms with Crippen LogP contribution in [0, 0.1) is 5.92 Å². The molecule has 1 amide bonds. The van der Waals surface area contributed by atoms with E-state index in [1.807, 2.05) is 36.6 Å². The zero-order valence-corrected chi connectivity index (χ0v) is 13.7. The van der Waals surface area contributed by atoms with E-state index >= 15 is 0 Å². The molecule has 0 bridgehead atoms. The highest BCUT2D eigenvalue weighted by Gasteiger charge is 2.24. The number of rotatable bonds is 9. The average Bonchev–Trinajstić information content (AvgIpc) is 2.49. The van der Waals surface area contributed by atoms with Gasteiger partial charge in [-0.3, -0.25) is 4.79 Å². The van der Waals surface area contributed by atoms with Crippen molar-refractivity contribution in [2.24, 2.45) is 5.92 Å². The highest BCUT2D eigenvalue weighted by Crippen LogP contribution is 2.11. The van der Waals surface area contributed by atoms with Crippen molar-refractivity contribution in [3.8, 4) is 0 Å². The van der Waals surface area contributed by atoms with E-state index in [0.717, 1.165) is 5.56 Å². The van der Waals surface area contributed by atoms with Gasteiger partial charge in [-0.2, -0.15) is 24.4 Å². The lowest BCUT2D eigenvalue weighted by atomic mass is 9.99. The second kappa shape index (κ2) is 9.73. The van der Waals surface area contributed by atoms with Crippen LogP contribution in [-0.4, -0.2) is 40.8 Å². The number of aliphatic carboxylic acids is 1. The Morgan fingerprint density at radius 1 is 1.33 bits per heavy atom. The maximum Gasteiger partial charge on any atom is 0.326 e. The molecule has 0 aliphatic rings. The first-order chi connectivity index (χ1) is 10.1. The first-order valence-corrected chi connectivity index (χ1v) is 8.78. The van der Waals surface area contributed by atoms with Gasteiger partial charge in [0.15, 0.2) is 0 Å². The first kappa shape index (κ1) is 17.9. The highest BCUT2D eigenvalue weighted by molar-refractivity contribution is 7.98. The summed E-state index contributed by atoms with van der Waals surface area (Å²) in [6.07, 6.45) is 2.89. The third-order valence-electron chi connectivity index (χ3n) is 3.14. The minimum absolute atomic E-state index is 0.248. The predicted molar refractivity (Wildman–Crippen MR) is 90.1 cm³/mol. The van der Waals surface area contributed by atoms with Crippen molar-refractivity contribution in [1.29, 1.82) is 0 Å². The van der Waals surface area contributed by atoms with E-state index in [-0.39, 0.29) is 11.8 Å². The Morgan fingerprint density at radius 3 is 2.52 bits per heavy atom. The lowest BCUT2D eigenvalue weighted by Gasteiger charge is -2.19. The van der Waals surface area contributed by atoms with Crippen molar-refractivity contribution < 1.29 is 14.7 Å². The summed E-state index contributed by atoms with van der Waals surface area (Å²) in [4.78, 5) is 23.4. The van der Waals surface area contributed by atoms with E-state index in [4.69, 9.17) is 5.11 Å². The molecule has 1 aromatic rings. The lowest BCUT2D eigenvalue weighted by Crippen LogP contribution is -2.44. The van der Waals surface area contributed by atoms with Crippen LogP contribution in [0.1, 0.15) is 12.0 Å². The second-order valence-electron chi connectivity index (χ2n) is 4.75. The van der Waals surface area contributed by atoms with Crippen LogP contribution >= 0.6 is 24.4 Å². The smallest absolute Gasteiger partial charge is 0.326 e. The fraction of sp³-hybridized carbons (Fsp3) is 0.467. The van der Waals surface area contributed by atoms with Crippen molar-refractivity contribution in [3.05, 3.63) is 35.9 Å². The molecule has 4 nitrogen and oxygen atoms in total. The van der Waals surface area contributed by atoms with E-state index < -0.39 is 12.0 Å². The summed E-state index contributed by atoms with van der Waals surface area (Å²) in [6, 6.07) is 8.83. The van der Waals surface area contributed by atoms with E-state index in [1.165, 1.54) is 0 Å². The van der Waals surface area contributed by atoms with Gasteiger partial charge >= 0.3 is 5.97 Å². The number of nitrogens with one attached hydrogen (secondary N) is 1. The van der Waals surface area contributed by atoms with Crippen LogP contribution in [0.4, 0.5) is 0 Å². The van der Waals surface area contributed by atoms with E-state index in [0.29, 0.717) is 24.3 Å². The molecule has 0 aliphatic carbocycles. The maximum absolute atomic E-state index is 12.2. The van der Waals surface area contributed by atoms with Crippen molar-refractivity contribution >= 4 is 36.3 Å². The normalized spacial score (nSPS) is 13.4. The van der Waals surface area contributed by atoms with Gasteiger partial charge in [0.05, 0.1) is 5.92 Å². The van der Waals surface area contributed by atoms with Gasteiger partial charge in [0.1, 0.15) is 6.04 Å². The summed E-state index contributed by atoms with van der Waals surface area (Å²) >= 11 is 5.78. The number of thiol groups is 1. The quantitative estimate of drug-likeness (QED) is 0.608. The summed E-state index contributed by atoms with van der Waals surface area (Å²) in [5, 5.41) is 11.8. The van der Waals surface area contributed by atoms with Crippen LogP contribution in [0.5, 0.6) is 0 Å². The number of hydrogen-bond donors (Lipinski definition) is 3. The van der Waals surface area contributed by atoms with Crippen molar-refractivity contribution in [2.75, 3.05) is 17.8 Å². The predicted octanol–water partition coefficient (Wildman–Crippen LogP) is 2.10. The summed E-state index contributed by atoms with van der Waals surface area (Å²) < 4.78 is 0. The molecule has 0 aromatic heterocycles. The summed E-state index contributed by atoms with van der Waals surface area (Å²) in [6.45, 7) is 0. The summed E-state index contributed by atoms with van der Waals surface area (Å²) in [7, 11) is 0. The van der Waals surface area contributed by atoms with Gasteiger partial charge in [0.2, 0.25) is 5.91 Å². The molecule has 0 aliphatic heterocycles. The molecule has 0 spiro atoms. The monoisotopic (exact) mass is 327 g/mol. The number of carbonyl (C=O) groups excluding carboxylic acids is 1. The van der Waals surface area contributed by atoms with Crippen LogP contribution in [0.25, 0.3) is 0 Å². The number of amides is 1. The van der Waals surface area contributed by atoms with Gasteiger partial charge in [-0.15, -0.1) is 0 Å². The summed E-state index contributed by atoms with van der Waals surface area (Å²) in [5.41, 5.74) is 1.04. The Hall–Kier alpha value is -1.14. The van der Waals surface area contributed by atoms with Crippen LogP contribution in [0.15, 0.2) is 30.3 Å². The number of carboxylic acids is 1. The minimum atomic E-state index is -0.991. The molecule has 0 heterocycles. The zero-order valence-electron chi connectivity index (χ0n) is 12.0. The van der Waals surface area contributed by atoms with Crippen LogP contribution < -0.4 is 5.32 Å². The highest BCUT2D eigenvalue weighted by atomic mass is 32.2. The van der Waals surface area contributed by atoms with Crippen LogP contribution in [0.2, 0.25) is 0 Å². The van der Waals surface area contributed by atoms with Crippen molar-refractivity contribution in [1.82, 2.24) is 5.32 Å². The fourth-order valence-corrected chi connectivity index (χ4v) is 2.69. The largest absolute Gasteiger partial charge is 0.480 e. The number of carbonyl (C=O) groups is 2. The van der Waals surface area contributed by atoms with Gasteiger partial charge in [-0.25, -0.2) is 4.79 Å². The van der Waals surface area contributed by atoms with Crippen molar-refractivity contribution in [3.63, 3.8) is 0 Å². The number of benzene rings is 1. The Morgan fingerprint density at radius 2 is 2.00 bits per heavy atom. The average molecular weight is 327 g/mol. The molecule has 0 radical (unpaired) electrons. The standard InChI is InChI=1S/C15H21NO3S2/c1-21-8-7-13(15(18)19)16-14(17)12(10-20)9-11-5-3-2-4-6-11/h2-6,12-13,20H,7-10H2,1H3,(H,16,17)(H,18,19)/t12-,13+/m0/s1. The van der Waals surface area contributed by atoms with Gasteiger partial charge in [0, 0.05) is 5.75 Å². The Bertz CT molecular complexity index is 453. The van der Waals surface area contributed by atoms with E-state index in [1.54, 1.807) is 11.8 Å². The molecule has 6 heteroatoms. The Labute approximate surface area is 135 Å². The molecule has 1 rings (SSSR count). The number of carboxylic acid groups (broad SMARTS) is 1. The molecule has 2 atom stereocenters. The molecule has 116 valence electrons. The number of hydrogen-bond acceptors (Lipinski definition) is 4. The molecule has 0 saturated heterocycles. The molecular formula is C15H21NO3S2. The SMILES string of the molecule is CSCC[C@@H](NC(=O)[C@H](CS)Cc1ccccc1)C(=O)O. The molecule has 0 fully saturated rings. The van der Waals surface area contributed by atoms with Crippen molar-refractivity contribution in [2.45, 2.75) is 18.9 Å². The molecule has 21 heavy (non-hydrogen) atoms. The lowest BCUT2D eigenvalue weighted by molar-refractivity contribution is -0.142. The van der Waals surface area contributed by atoms with E-state index in [9.17, 15) is 9.59 Å². The third-order valence-corrected chi connectivity index (χ3v) is 4.23. The van der Waals surface area contributed by atoms with Crippen LogP contribution in [0.3, 0.4) is 0 Å². The van der Waals surface area contributed by atoms with Crippen LogP contribution in [-0.2, 0) is 16.0 Å². The maximum atomic E-state index is 12.2. The molecule has 1 aromatic carbocycles. The van der Waals surface area contributed by atoms with Gasteiger partial charge in [-0.1, -0.05) is 30.3 Å². The van der Waals surface area contributed by atoms with Gasteiger partial charge in [0.25, 0.3) is 0 Å². The summed E-state index contributed by atoms with van der Waals surface area (Å²) in [5.74, 6) is -0.485. The van der Waals surface area contributed by atoms with Gasteiger partial charge < -0.3 is 10.4 Å². The zero-order chi connectivity index (χ0) is 15.7. The molecule has 2 N–H and O–H groups in total. The topological polar surface area (TPSA) is 66.4 Å². The minimum Gasteiger partial charge on any atom is -0.480 e. The fourth-order valence-electron chi connectivity index (χ4n) is 1.92. The Balaban J connectivity index is 2.62. The first-order valence-electron chi connectivity index (χ1n) is 6.75. The third kappa shape index (κ3) is 6.44. The molecule has 0 unspecified atom stereocenters. The molecular weight excluding hydrogens is 306 g/mol. The molecule has 0 saturated carbocycles. The Kier molecular flexibility index (Phi) is 8.30. The number of thioether (sulfide) groups is 1. The van der Waals surface area contributed by atoms with E-state index in [2.05, 4.69) is 17.9 Å². The second-order valence-corrected chi connectivity index (χ2v) is 6.10. The van der Waals surface area contributed by atoms with Gasteiger partial charge in [-0.05, 0) is 30.4 Å².